The lowest BCUT2D eigenvalue weighted by molar-refractivity contribution is 0.0740. The molecule has 0 radical (unpaired) electrons. The normalized spacial score (nSPS) is 11.6. The van der Waals surface area contributed by atoms with Gasteiger partial charge in [-0.15, -0.1) is 0 Å². The second-order valence-corrected chi connectivity index (χ2v) is 9.68. The van der Waals surface area contributed by atoms with Crippen molar-refractivity contribution in [3.8, 4) is 0 Å². The summed E-state index contributed by atoms with van der Waals surface area (Å²) < 4.78 is 37.7. The van der Waals surface area contributed by atoms with Gasteiger partial charge in [0.05, 0.1) is 10.1 Å². The minimum atomic E-state index is -3.37. The van der Waals surface area contributed by atoms with E-state index in [1.165, 1.54) is 24.3 Å². The smallest absolute Gasteiger partial charge is 0.254 e. The average Bonchev–Trinajstić information content (AvgIpc) is 2.68. The molecule has 0 aliphatic carbocycles. The first-order valence-corrected chi connectivity index (χ1v) is 11.2. The molecule has 0 N–H and O–H groups in total. The topological polar surface area (TPSA) is 54.5 Å². The molecule has 2 rings (SSSR count). The summed E-state index contributed by atoms with van der Waals surface area (Å²) in [5, 5.41) is -0.516. The highest BCUT2D eigenvalue weighted by Gasteiger charge is 2.21. The average molecular weight is 406 g/mol. The number of hydrogen-bond donors (Lipinski definition) is 0. The van der Waals surface area contributed by atoms with Gasteiger partial charge in [0.25, 0.3) is 5.91 Å². The molecule has 0 aliphatic heterocycles. The van der Waals surface area contributed by atoms with Crippen molar-refractivity contribution in [2.45, 2.75) is 56.7 Å². The van der Waals surface area contributed by atoms with Crippen LogP contribution in [0.5, 0.6) is 0 Å². The van der Waals surface area contributed by atoms with Crippen LogP contribution in [0.15, 0.2) is 53.4 Å². The predicted molar refractivity (Wildman–Crippen MR) is 109 cm³/mol. The summed E-state index contributed by atoms with van der Waals surface area (Å²) in [6.45, 7) is 6.34. The third-order valence-electron chi connectivity index (χ3n) is 4.66. The SMILES string of the molecule is CCCCCN(Cc1ccc(F)cc1)C(=O)c1ccc(S(=O)(=O)C(C)C)cc1. The van der Waals surface area contributed by atoms with Crippen LogP contribution in [0.1, 0.15) is 56.0 Å². The van der Waals surface area contributed by atoms with Gasteiger partial charge in [0.2, 0.25) is 0 Å². The maximum Gasteiger partial charge on any atom is 0.254 e. The molecule has 0 saturated carbocycles. The number of rotatable bonds is 9. The molecule has 1 amide bonds. The fourth-order valence-corrected chi connectivity index (χ4v) is 3.92. The molecule has 6 heteroatoms. The van der Waals surface area contributed by atoms with Crippen molar-refractivity contribution in [1.82, 2.24) is 4.90 Å². The lowest BCUT2D eigenvalue weighted by Crippen LogP contribution is -2.31. The minimum absolute atomic E-state index is 0.158. The van der Waals surface area contributed by atoms with Gasteiger partial charge in [0.15, 0.2) is 9.84 Å². The summed E-state index contributed by atoms with van der Waals surface area (Å²) in [5.41, 5.74) is 1.30. The largest absolute Gasteiger partial charge is 0.334 e. The molecule has 0 unspecified atom stereocenters. The molecular formula is C22H28FNO3S. The van der Waals surface area contributed by atoms with Gasteiger partial charge >= 0.3 is 0 Å². The van der Waals surface area contributed by atoms with Crippen molar-refractivity contribution in [2.75, 3.05) is 6.54 Å². The zero-order valence-corrected chi connectivity index (χ0v) is 17.5. The fourth-order valence-electron chi connectivity index (χ4n) is 2.86. The Kier molecular flexibility index (Phi) is 7.75. The van der Waals surface area contributed by atoms with E-state index in [0.29, 0.717) is 18.7 Å². The zero-order chi connectivity index (χ0) is 20.7. The Hall–Kier alpha value is -2.21. The Morgan fingerprint density at radius 2 is 1.61 bits per heavy atom. The van der Waals surface area contributed by atoms with Crippen LogP contribution in [-0.4, -0.2) is 31.0 Å². The second-order valence-electron chi connectivity index (χ2n) is 7.18. The van der Waals surface area contributed by atoms with E-state index in [2.05, 4.69) is 6.92 Å². The highest BCUT2D eigenvalue weighted by atomic mass is 32.2. The Labute approximate surface area is 167 Å². The van der Waals surface area contributed by atoms with E-state index < -0.39 is 15.1 Å². The number of sulfone groups is 1. The van der Waals surface area contributed by atoms with Gasteiger partial charge in [0, 0.05) is 18.7 Å². The first-order valence-electron chi connectivity index (χ1n) is 9.63. The van der Waals surface area contributed by atoms with Crippen LogP contribution in [0.3, 0.4) is 0 Å². The van der Waals surface area contributed by atoms with Crippen molar-refractivity contribution in [3.63, 3.8) is 0 Å². The molecule has 2 aromatic carbocycles. The highest BCUT2D eigenvalue weighted by Crippen LogP contribution is 2.18. The van der Waals surface area contributed by atoms with Gasteiger partial charge < -0.3 is 4.90 Å². The fraction of sp³-hybridized carbons (Fsp3) is 0.409. The first-order chi connectivity index (χ1) is 13.3. The van der Waals surface area contributed by atoms with Crippen molar-refractivity contribution >= 4 is 15.7 Å². The van der Waals surface area contributed by atoms with Crippen LogP contribution in [-0.2, 0) is 16.4 Å². The summed E-state index contributed by atoms with van der Waals surface area (Å²) in [7, 11) is -3.37. The molecule has 152 valence electrons. The van der Waals surface area contributed by atoms with E-state index in [-0.39, 0.29) is 16.6 Å². The minimum Gasteiger partial charge on any atom is -0.334 e. The van der Waals surface area contributed by atoms with E-state index in [1.807, 2.05) is 0 Å². The number of carbonyl (C=O) groups excluding carboxylic acids is 1. The lowest BCUT2D eigenvalue weighted by Gasteiger charge is -2.23. The number of amides is 1. The summed E-state index contributed by atoms with van der Waals surface area (Å²) in [4.78, 5) is 15.0. The Bertz CT molecular complexity index is 875. The van der Waals surface area contributed by atoms with Crippen LogP contribution in [0, 0.1) is 5.82 Å². The van der Waals surface area contributed by atoms with Gasteiger partial charge in [-0.25, -0.2) is 12.8 Å². The zero-order valence-electron chi connectivity index (χ0n) is 16.7. The number of hydrogen-bond acceptors (Lipinski definition) is 3. The molecule has 0 aliphatic rings. The number of unbranched alkanes of at least 4 members (excludes halogenated alkanes) is 2. The van der Waals surface area contributed by atoms with E-state index in [4.69, 9.17) is 0 Å². The summed E-state index contributed by atoms with van der Waals surface area (Å²) in [6.07, 6.45) is 2.93. The maximum absolute atomic E-state index is 13.2. The van der Waals surface area contributed by atoms with E-state index in [9.17, 15) is 17.6 Å². The molecule has 0 saturated heterocycles. The molecule has 0 heterocycles. The number of carbonyl (C=O) groups is 1. The third kappa shape index (κ3) is 5.64. The van der Waals surface area contributed by atoms with Gasteiger partial charge in [-0.1, -0.05) is 31.9 Å². The molecule has 0 fully saturated rings. The van der Waals surface area contributed by atoms with Crippen molar-refractivity contribution < 1.29 is 17.6 Å². The van der Waals surface area contributed by atoms with E-state index in [1.54, 1.807) is 43.0 Å². The van der Waals surface area contributed by atoms with Crippen molar-refractivity contribution in [2.24, 2.45) is 0 Å². The van der Waals surface area contributed by atoms with Crippen molar-refractivity contribution in [1.29, 1.82) is 0 Å². The van der Waals surface area contributed by atoms with Crippen LogP contribution in [0.4, 0.5) is 4.39 Å². The molecule has 0 aromatic heterocycles. The van der Waals surface area contributed by atoms with Crippen LogP contribution in [0.2, 0.25) is 0 Å². The summed E-state index contributed by atoms with van der Waals surface area (Å²) in [6, 6.07) is 12.2. The van der Waals surface area contributed by atoms with Crippen LogP contribution in [0.25, 0.3) is 0 Å². The van der Waals surface area contributed by atoms with Gasteiger partial charge in [-0.2, -0.15) is 0 Å². The van der Waals surface area contributed by atoms with Crippen LogP contribution >= 0.6 is 0 Å². The molecule has 0 spiro atoms. The summed E-state index contributed by atoms with van der Waals surface area (Å²) >= 11 is 0. The van der Waals surface area contributed by atoms with E-state index in [0.717, 1.165) is 24.8 Å². The Morgan fingerprint density at radius 1 is 1.00 bits per heavy atom. The number of halogens is 1. The van der Waals surface area contributed by atoms with Gasteiger partial charge in [0.1, 0.15) is 5.82 Å². The molecule has 28 heavy (non-hydrogen) atoms. The Morgan fingerprint density at radius 3 is 2.14 bits per heavy atom. The van der Waals surface area contributed by atoms with Gasteiger partial charge in [-0.3, -0.25) is 4.79 Å². The third-order valence-corrected chi connectivity index (χ3v) is 6.83. The Balaban J connectivity index is 2.21. The molecule has 4 nitrogen and oxygen atoms in total. The summed E-state index contributed by atoms with van der Waals surface area (Å²) in [5.74, 6) is -0.469. The highest BCUT2D eigenvalue weighted by molar-refractivity contribution is 7.92. The standard InChI is InChI=1S/C22H28FNO3S/c1-4-5-6-15-24(16-18-7-11-20(23)12-8-18)22(25)19-9-13-21(14-10-19)28(26,27)17(2)3/h7-14,17H,4-6,15-16H2,1-3H3. The number of benzene rings is 2. The van der Waals surface area contributed by atoms with Gasteiger partial charge in [-0.05, 0) is 62.2 Å². The van der Waals surface area contributed by atoms with Crippen LogP contribution < -0.4 is 0 Å². The molecule has 0 atom stereocenters. The molecular weight excluding hydrogens is 377 g/mol. The quantitative estimate of drug-likeness (QED) is 0.561. The molecule has 0 bridgehead atoms. The predicted octanol–water partition coefficient (Wildman–Crippen LogP) is 4.84. The molecule has 2 aromatic rings. The first kappa shape index (κ1) is 22.1. The second kappa shape index (κ2) is 9.82. The van der Waals surface area contributed by atoms with E-state index >= 15 is 0 Å². The maximum atomic E-state index is 13.2. The lowest BCUT2D eigenvalue weighted by atomic mass is 10.1. The van der Waals surface area contributed by atoms with Crippen molar-refractivity contribution in [3.05, 3.63) is 65.5 Å². The monoisotopic (exact) mass is 405 g/mol. The number of nitrogens with zero attached hydrogens (tertiary/aromatic N) is 1.